The predicted molar refractivity (Wildman–Crippen MR) is 131 cm³/mol. The van der Waals surface area contributed by atoms with Gasteiger partial charge >= 0.3 is 5.97 Å². The van der Waals surface area contributed by atoms with Crippen LogP contribution in [0.15, 0.2) is 54.6 Å². The van der Waals surface area contributed by atoms with E-state index in [1.54, 1.807) is 38.1 Å². The van der Waals surface area contributed by atoms with E-state index < -0.39 is 23.5 Å². The van der Waals surface area contributed by atoms with Gasteiger partial charge in [0.05, 0.1) is 35.7 Å². The summed E-state index contributed by atoms with van der Waals surface area (Å²) in [7, 11) is 0. The number of carboxylic acid groups (broad SMARTS) is 1. The summed E-state index contributed by atoms with van der Waals surface area (Å²) in [4.78, 5) is 36.8. The number of hydrogen-bond donors (Lipinski definition) is 5. The van der Waals surface area contributed by atoms with Crippen LogP contribution in [0.1, 0.15) is 44.9 Å². The van der Waals surface area contributed by atoms with Crippen molar-refractivity contribution in [2.75, 3.05) is 29.6 Å². The van der Waals surface area contributed by atoms with Gasteiger partial charge in [-0.05, 0) is 68.4 Å². The van der Waals surface area contributed by atoms with Gasteiger partial charge in [0.1, 0.15) is 5.75 Å². The van der Waals surface area contributed by atoms with Crippen molar-refractivity contribution in [3.63, 3.8) is 0 Å². The lowest BCUT2D eigenvalue weighted by Crippen LogP contribution is -2.16. The number of phenols is 1. The van der Waals surface area contributed by atoms with Gasteiger partial charge in [-0.25, -0.2) is 4.79 Å². The monoisotopic (exact) mass is 479 g/mol. The second-order valence-corrected chi connectivity index (χ2v) is 7.25. The molecule has 0 radical (unpaired) electrons. The highest BCUT2D eigenvalue weighted by Crippen LogP contribution is 2.39. The standard InChI is InChI=1S/C25H25N3O7/c1-3-34-20-13-15(25(32)33)7-11-18(20)27-24(31)17-10-12-19(22(21(17)29)35-4-2)28-23(30)14-5-8-16(26)9-6-14/h5-13,29H,3-4,26H2,1-2H3,(H,27,31)(H,28,30)(H,32,33). The van der Waals surface area contributed by atoms with Gasteiger partial charge in [-0.15, -0.1) is 0 Å². The minimum Gasteiger partial charge on any atom is -0.504 e. The Kier molecular flexibility index (Phi) is 7.77. The van der Waals surface area contributed by atoms with Crippen LogP contribution in [0, 0.1) is 0 Å². The molecular weight excluding hydrogens is 454 g/mol. The molecule has 0 saturated carbocycles. The average Bonchev–Trinajstić information content (AvgIpc) is 2.82. The largest absolute Gasteiger partial charge is 0.504 e. The van der Waals surface area contributed by atoms with Crippen molar-refractivity contribution in [1.82, 2.24) is 0 Å². The Labute approximate surface area is 201 Å². The molecule has 35 heavy (non-hydrogen) atoms. The van der Waals surface area contributed by atoms with Gasteiger partial charge in [-0.3, -0.25) is 9.59 Å². The molecule has 6 N–H and O–H groups in total. The van der Waals surface area contributed by atoms with Gasteiger partial charge in [0, 0.05) is 11.3 Å². The van der Waals surface area contributed by atoms with E-state index in [0.717, 1.165) is 0 Å². The van der Waals surface area contributed by atoms with E-state index in [1.165, 1.54) is 30.3 Å². The SMILES string of the molecule is CCOc1cc(C(=O)O)ccc1NC(=O)c1ccc(NC(=O)c2ccc(N)cc2)c(OCC)c1O. The first-order valence-electron chi connectivity index (χ1n) is 10.7. The van der Waals surface area contributed by atoms with Crippen LogP contribution in [-0.4, -0.2) is 41.2 Å². The number of carbonyl (C=O) groups is 3. The lowest BCUT2D eigenvalue weighted by molar-refractivity contribution is 0.0696. The van der Waals surface area contributed by atoms with Crippen molar-refractivity contribution < 1.29 is 34.1 Å². The number of carbonyl (C=O) groups excluding carboxylic acids is 2. The number of benzene rings is 3. The average molecular weight is 479 g/mol. The van der Waals surface area contributed by atoms with Crippen molar-refractivity contribution in [1.29, 1.82) is 0 Å². The maximum Gasteiger partial charge on any atom is 0.335 e. The molecule has 0 heterocycles. The number of phenolic OH excluding ortho intramolecular Hbond substituents is 1. The number of aromatic carboxylic acids is 1. The highest BCUT2D eigenvalue weighted by Gasteiger charge is 2.22. The summed E-state index contributed by atoms with van der Waals surface area (Å²) >= 11 is 0. The number of nitrogens with two attached hydrogens (primary N) is 1. The minimum atomic E-state index is -1.14. The van der Waals surface area contributed by atoms with Crippen molar-refractivity contribution in [3.8, 4) is 17.2 Å². The Morgan fingerprint density at radius 1 is 0.829 bits per heavy atom. The highest BCUT2D eigenvalue weighted by molar-refractivity contribution is 6.10. The molecule has 3 aromatic carbocycles. The van der Waals surface area contributed by atoms with Crippen LogP contribution >= 0.6 is 0 Å². The molecule has 0 spiro atoms. The van der Waals surface area contributed by atoms with E-state index in [2.05, 4.69) is 10.6 Å². The second-order valence-electron chi connectivity index (χ2n) is 7.25. The number of amides is 2. The number of carboxylic acids is 1. The van der Waals surface area contributed by atoms with E-state index in [4.69, 9.17) is 15.2 Å². The molecule has 0 aromatic heterocycles. The van der Waals surface area contributed by atoms with E-state index in [9.17, 15) is 24.6 Å². The fourth-order valence-electron chi connectivity index (χ4n) is 3.20. The molecular formula is C25H25N3O7. The number of hydrogen-bond acceptors (Lipinski definition) is 7. The van der Waals surface area contributed by atoms with Gasteiger partial charge in [0.2, 0.25) is 0 Å². The van der Waals surface area contributed by atoms with Crippen LogP contribution in [0.5, 0.6) is 17.2 Å². The molecule has 0 aliphatic heterocycles. The number of nitrogen functional groups attached to an aromatic ring is 1. The van der Waals surface area contributed by atoms with Crippen LogP contribution < -0.4 is 25.8 Å². The molecule has 0 unspecified atom stereocenters. The number of aromatic hydroxyl groups is 1. The van der Waals surface area contributed by atoms with Crippen molar-refractivity contribution in [2.45, 2.75) is 13.8 Å². The number of anilines is 3. The first-order valence-corrected chi connectivity index (χ1v) is 10.7. The third-order valence-electron chi connectivity index (χ3n) is 4.86. The molecule has 0 bridgehead atoms. The molecule has 3 aromatic rings. The Morgan fingerprint density at radius 2 is 1.43 bits per heavy atom. The number of ether oxygens (including phenoxy) is 2. The third kappa shape index (κ3) is 5.80. The van der Waals surface area contributed by atoms with Crippen molar-refractivity contribution >= 4 is 34.8 Å². The zero-order valence-corrected chi connectivity index (χ0v) is 19.1. The minimum absolute atomic E-state index is 0.00544. The maximum absolute atomic E-state index is 13.0. The smallest absolute Gasteiger partial charge is 0.335 e. The zero-order chi connectivity index (χ0) is 25.5. The van der Waals surface area contributed by atoms with Crippen LogP contribution in [-0.2, 0) is 0 Å². The van der Waals surface area contributed by atoms with E-state index in [0.29, 0.717) is 11.3 Å². The molecule has 3 rings (SSSR count). The van der Waals surface area contributed by atoms with Gasteiger partial charge in [0.15, 0.2) is 11.5 Å². The quantitative estimate of drug-likeness (QED) is 0.288. The normalized spacial score (nSPS) is 10.3. The van der Waals surface area contributed by atoms with Crippen LogP contribution in [0.2, 0.25) is 0 Å². The van der Waals surface area contributed by atoms with Crippen LogP contribution in [0.3, 0.4) is 0 Å². The zero-order valence-electron chi connectivity index (χ0n) is 19.1. The first kappa shape index (κ1) is 24.9. The summed E-state index contributed by atoms with van der Waals surface area (Å²) < 4.78 is 11.0. The van der Waals surface area contributed by atoms with Crippen molar-refractivity contribution in [2.24, 2.45) is 0 Å². The third-order valence-corrected chi connectivity index (χ3v) is 4.86. The van der Waals surface area contributed by atoms with Gasteiger partial charge in [0.25, 0.3) is 11.8 Å². The highest BCUT2D eigenvalue weighted by atomic mass is 16.5. The predicted octanol–water partition coefficient (Wildman–Crippen LogP) is 3.97. The second kappa shape index (κ2) is 10.9. The van der Waals surface area contributed by atoms with E-state index in [1.807, 2.05) is 0 Å². The van der Waals surface area contributed by atoms with Gasteiger partial charge in [-0.2, -0.15) is 0 Å². The molecule has 10 heteroatoms. The Hall–Kier alpha value is -4.73. The lowest BCUT2D eigenvalue weighted by atomic mass is 10.1. The molecule has 0 aliphatic carbocycles. The fraction of sp³-hybridized carbons (Fsp3) is 0.160. The topological polar surface area (TPSA) is 160 Å². The summed E-state index contributed by atoms with van der Waals surface area (Å²) in [6, 6.07) is 13.1. The number of rotatable bonds is 9. The Morgan fingerprint density at radius 3 is 2.06 bits per heavy atom. The summed E-state index contributed by atoms with van der Waals surface area (Å²) in [6.45, 7) is 3.81. The van der Waals surface area contributed by atoms with Crippen molar-refractivity contribution in [3.05, 3.63) is 71.3 Å². The van der Waals surface area contributed by atoms with Gasteiger partial charge in [-0.1, -0.05) is 0 Å². The summed E-state index contributed by atoms with van der Waals surface area (Å²) in [5.41, 5.74) is 6.77. The molecule has 2 amide bonds. The molecule has 182 valence electrons. The molecule has 10 nitrogen and oxygen atoms in total. The Balaban J connectivity index is 1.89. The van der Waals surface area contributed by atoms with E-state index >= 15 is 0 Å². The maximum atomic E-state index is 13.0. The number of nitrogens with one attached hydrogen (secondary N) is 2. The van der Waals surface area contributed by atoms with Crippen LogP contribution in [0.25, 0.3) is 0 Å². The van der Waals surface area contributed by atoms with Gasteiger partial charge < -0.3 is 36.1 Å². The molecule has 0 saturated heterocycles. The summed E-state index contributed by atoms with van der Waals surface area (Å²) in [5.74, 6) is -2.67. The summed E-state index contributed by atoms with van der Waals surface area (Å²) in [6.07, 6.45) is 0. The van der Waals surface area contributed by atoms with Crippen LogP contribution in [0.4, 0.5) is 17.1 Å². The molecule has 0 atom stereocenters. The lowest BCUT2D eigenvalue weighted by Gasteiger charge is -2.17. The molecule has 0 fully saturated rings. The molecule has 0 aliphatic rings. The first-order chi connectivity index (χ1) is 16.7. The summed E-state index contributed by atoms with van der Waals surface area (Å²) in [5, 5.41) is 25.3. The van der Waals surface area contributed by atoms with E-state index in [-0.39, 0.29) is 47.2 Å². The Bertz CT molecular complexity index is 1260. The fourth-order valence-corrected chi connectivity index (χ4v) is 3.20.